The van der Waals surface area contributed by atoms with Crippen molar-refractivity contribution in [2.45, 2.75) is 24.7 Å². The van der Waals surface area contributed by atoms with E-state index < -0.39 is 10.0 Å². The van der Waals surface area contributed by atoms with Crippen LogP contribution < -0.4 is 0 Å². The molecule has 0 spiro atoms. The largest absolute Gasteiger partial charge is 0.270 e. The van der Waals surface area contributed by atoms with Gasteiger partial charge in [0.15, 0.2) is 0 Å². The van der Waals surface area contributed by atoms with E-state index in [-0.39, 0.29) is 4.90 Å². The molecule has 0 aromatic heterocycles. The van der Waals surface area contributed by atoms with Crippen LogP contribution in [0.1, 0.15) is 24.0 Å². The maximum absolute atomic E-state index is 12.9. The number of unbranched alkanes of at least 4 members (excludes halogenated alkanes) is 1. The minimum atomic E-state index is -3.64. The first-order chi connectivity index (χ1) is 11.5. The van der Waals surface area contributed by atoms with Crippen molar-refractivity contribution in [1.82, 2.24) is 4.31 Å². The molecule has 0 bridgehead atoms. The summed E-state index contributed by atoms with van der Waals surface area (Å²) in [6.07, 6.45) is 3.20. The zero-order chi connectivity index (χ0) is 17.4. The molecule has 2 aromatic rings. The Morgan fingerprint density at radius 1 is 1.08 bits per heavy atom. The highest BCUT2D eigenvalue weighted by Crippen LogP contribution is 2.16. The van der Waals surface area contributed by atoms with Crippen LogP contribution in [-0.4, -0.2) is 19.3 Å². The van der Waals surface area contributed by atoms with Gasteiger partial charge in [-0.3, -0.25) is 0 Å². The second-order valence-corrected chi connectivity index (χ2v) is 7.29. The van der Waals surface area contributed by atoms with Gasteiger partial charge in [-0.05, 0) is 50.0 Å². The number of sulfonamides is 1. The second-order valence-electron chi connectivity index (χ2n) is 5.42. The van der Waals surface area contributed by atoms with Crippen LogP contribution in [0.15, 0.2) is 72.1 Å². The molecule has 0 N–H and O–H groups in total. The number of benzene rings is 2. The molecule has 3 nitrogen and oxygen atoms in total. The van der Waals surface area contributed by atoms with E-state index in [9.17, 15) is 8.42 Å². The molecule has 0 heterocycles. The van der Waals surface area contributed by atoms with Gasteiger partial charge in [-0.25, -0.2) is 12.7 Å². The van der Waals surface area contributed by atoms with E-state index in [4.69, 9.17) is 0 Å². The third-order valence-electron chi connectivity index (χ3n) is 3.48. The lowest BCUT2D eigenvalue weighted by molar-refractivity contribution is 0.503. The highest BCUT2D eigenvalue weighted by atomic mass is 32.2. The molecule has 0 saturated carbocycles. The Hall–Kier alpha value is -2.51. The molecular weight excluding hydrogens is 318 g/mol. The number of aryl methyl sites for hydroxylation is 1. The van der Waals surface area contributed by atoms with Crippen LogP contribution >= 0.6 is 0 Å². The second kappa shape index (κ2) is 8.37. The van der Waals surface area contributed by atoms with Gasteiger partial charge >= 0.3 is 0 Å². The molecule has 0 aliphatic heterocycles. The predicted octanol–water partition coefficient (Wildman–Crippen LogP) is 3.96. The highest BCUT2D eigenvalue weighted by molar-refractivity contribution is 7.89. The molecule has 0 unspecified atom stereocenters. The normalized spacial score (nSPS) is 10.5. The molecule has 0 fully saturated rings. The Bertz CT molecular complexity index is 829. The van der Waals surface area contributed by atoms with Crippen LogP contribution in [0, 0.1) is 18.9 Å². The molecule has 0 saturated heterocycles. The molecule has 0 radical (unpaired) electrons. The van der Waals surface area contributed by atoms with Crippen LogP contribution in [0.4, 0.5) is 0 Å². The predicted molar refractivity (Wildman–Crippen MR) is 97.8 cm³/mol. The van der Waals surface area contributed by atoms with E-state index in [1.807, 2.05) is 37.3 Å². The Kier molecular flexibility index (Phi) is 6.22. The van der Waals surface area contributed by atoms with Crippen LogP contribution in [0.25, 0.3) is 0 Å². The monoisotopic (exact) mass is 339 g/mol. The van der Waals surface area contributed by atoms with Gasteiger partial charge in [0.25, 0.3) is 10.0 Å². The van der Waals surface area contributed by atoms with E-state index in [0.717, 1.165) is 17.5 Å². The summed E-state index contributed by atoms with van der Waals surface area (Å²) in [6, 6.07) is 19.0. The van der Waals surface area contributed by atoms with Crippen molar-refractivity contribution in [1.29, 1.82) is 0 Å². The standard InChI is InChI=1S/C20H21NO2S/c1-3-4-8-16-21(17-15-19-9-6-5-7-10-19)24(22,23)20-13-11-18(2)12-14-20/h3,5-7,9-14H,1,4,8,16H2,2H3. The molecule has 0 aliphatic carbocycles. The lowest BCUT2D eigenvalue weighted by atomic mass is 10.2. The minimum Gasteiger partial charge on any atom is -0.224 e. The van der Waals surface area contributed by atoms with Gasteiger partial charge in [-0.2, -0.15) is 0 Å². The van der Waals surface area contributed by atoms with Gasteiger partial charge in [0.05, 0.1) is 4.90 Å². The Morgan fingerprint density at radius 3 is 2.38 bits per heavy atom. The molecular formula is C20H21NO2S. The third kappa shape index (κ3) is 4.74. The Morgan fingerprint density at radius 2 is 1.75 bits per heavy atom. The first-order valence-corrected chi connectivity index (χ1v) is 9.25. The lowest BCUT2D eigenvalue weighted by Gasteiger charge is -2.17. The fourth-order valence-corrected chi connectivity index (χ4v) is 3.37. The van der Waals surface area contributed by atoms with Crippen LogP contribution in [0.5, 0.6) is 0 Å². The maximum Gasteiger partial charge on any atom is 0.270 e. The van der Waals surface area contributed by atoms with E-state index in [0.29, 0.717) is 13.0 Å². The highest BCUT2D eigenvalue weighted by Gasteiger charge is 2.21. The SMILES string of the molecule is C=CCCCN(C#Cc1ccccc1)S(=O)(=O)c1ccc(C)cc1. The topological polar surface area (TPSA) is 37.4 Å². The van der Waals surface area contributed by atoms with E-state index in [1.165, 1.54) is 4.31 Å². The lowest BCUT2D eigenvalue weighted by Crippen LogP contribution is -2.27. The van der Waals surface area contributed by atoms with Crippen LogP contribution in [-0.2, 0) is 10.0 Å². The van der Waals surface area contributed by atoms with Crippen molar-refractivity contribution < 1.29 is 8.42 Å². The van der Waals surface area contributed by atoms with Gasteiger partial charge < -0.3 is 0 Å². The van der Waals surface area contributed by atoms with Crippen molar-refractivity contribution in [3.8, 4) is 12.0 Å². The summed E-state index contributed by atoms with van der Waals surface area (Å²) in [6.45, 7) is 5.94. The summed E-state index contributed by atoms with van der Waals surface area (Å²) in [4.78, 5) is 0.258. The molecule has 124 valence electrons. The first kappa shape index (κ1) is 17.8. The summed E-state index contributed by atoms with van der Waals surface area (Å²) in [5.41, 5.74) is 1.80. The van der Waals surface area contributed by atoms with Crippen LogP contribution in [0.3, 0.4) is 0 Å². The van der Waals surface area contributed by atoms with E-state index in [1.54, 1.807) is 30.3 Å². The smallest absolute Gasteiger partial charge is 0.224 e. The van der Waals surface area contributed by atoms with Gasteiger partial charge in [0, 0.05) is 18.2 Å². The van der Waals surface area contributed by atoms with Crippen molar-refractivity contribution in [3.05, 3.63) is 78.4 Å². The molecule has 0 atom stereocenters. The zero-order valence-corrected chi connectivity index (χ0v) is 14.6. The van der Waals surface area contributed by atoms with Gasteiger partial charge in [0.2, 0.25) is 0 Å². The fraction of sp³-hybridized carbons (Fsp3) is 0.200. The third-order valence-corrected chi connectivity index (χ3v) is 5.20. The summed E-state index contributed by atoms with van der Waals surface area (Å²) < 4.78 is 26.9. The number of hydrogen-bond donors (Lipinski definition) is 0. The van der Waals surface area contributed by atoms with E-state index in [2.05, 4.69) is 18.5 Å². The average molecular weight is 339 g/mol. The summed E-state index contributed by atoms with van der Waals surface area (Å²) in [7, 11) is -3.64. The quantitative estimate of drug-likeness (QED) is 0.346. The number of rotatable bonds is 6. The van der Waals surface area contributed by atoms with E-state index >= 15 is 0 Å². The fourth-order valence-electron chi connectivity index (χ4n) is 2.10. The Balaban J connectivity index is 2.32. The van der Waals surface area contributed by atoms with Gasteiger partial charge in [-0.1, -0.05) is 42.0 Å². The van der Waals surface area contributed by atoms with Gasteiger partial charge in [0.1, 0.15) is 0 Å². The molecule has 2 aromatic carbocycles. The molecule has 0 aliphatic rings. The van der Waals surface area contributed by atoms with Crippen molar-refractivity contribution in [3.63, 3.8) is 0 Å². The zero-order valence-electron chi connectivity index (χ0n) is 13.8. The van der Waals surface area contributed by atoms with Crippen LogP contribution in [0.2, 0.25) is 0 Å². The molecule has 4 heteroatoms. The number of nitrogens with zero attached hydrogens (tertiary/aromatic N) is 1. The summed E-state index contributed by atoms with van der Waals surface area (Å²) in [5, 5.41) is 0. The van der Waals surface area contributed by atoms with Crippen molar-refractivity contribution in [2.24, 2.45) is 0 Å². The maximum atomic E-state index is 12.9. The molecule has 24 heavy (non-hydrogen) atoms. The average Bonchev–Trinajstić information content (AvgIpc) is 2.59. The minimum absolute atomic E-state index is 0.258. The first-order valence-electron chi connectivity index (χ1n) is 7.81. The molecule has 0 amide bonds. The number of allylic oxidation sites excluding steroid dienone is 1. The van der Waals surface area contributed by atoms with Gasteiger partial charge in [-0.15, -0.1) is 6.58 Å². The van der Waals surface area contributed by atoms with Crippen molar-refractivity contribution >= 4 is 10.0 Å². The molecule has 2 rings (SSSR count). The summed E-state index contributed by atoms with van der Waals surface area (Å²) in [5.74, 6) is 2.93. The van der Waals surface area contributed by atoms with Crippen molar-refractivity contribution in [2.75, 3.05) is 6.54 Å². The summed E-state index contributed by atoms with van der Waals surface area (Å²) >= 11 is 0. The Labute approximate surface area is 144 Å². The number of hydrogen-bond acceptors (Lipinski definition) is 2.